The van der Waals surface area contributed by atoms with Crippen molar-refractivity contribution in [1.29, 1.82) is 0 Å². The van der Waals surface area contributed by atoms with Gasteiger partial charge < -0.3 is 15.6 Å². The molecule has 2 aromatic rings. The Morgan fingerprint density at radius 1 is 1.25 bits per heavy atom. The van der Waals surface area contributed by atoms with Crippen molar-refractivity contribution in [3.8, 4) is 0 Å². The van der Waals surface area contributed by atoms with Gasteiger partial charge in [-0.2, -0.15) is 0 Å². The highest BCUT2D eigenvalue weighted by atomic mass is 19.1. The Morgan fingerprint density at radius 2 is 2.05 bits per heavy atom. The molecular weight excluding hydrogens is 259 g/mol. The number of carbonyl (C=O) groups excluding carboxylic acids is 1. The third kappa shape index (κ3) is 4.47. The molecule has 0 fully saturated rings. The van der Waals surface area contributed by atoms with Gasteiger partial charge in [0.15, 0.2) is 0 Å². The van der Waals surface area contributed by atoms with Crippen molar-refractivity contribution in [2.75, 3.05) is 13.1 Å². The van der Waals surface area contributed by atoms with Crippen LogP contribution in [0.4, 0.5) is 4.39 Å². The van der Waals surface area contributed by atoms with Crippen LogP contribution in [0.5, 0.6) is 0 Å². The molecule has 1 aromatic carbocycles. The van der Waals surface area contributed by atoms with Crippen LogP contribution < -0.4 is 10.6 Å². The van der Waals surface area contributed by atoms with E-state index in [0.29, 0.717) is 18.7 Å². The Labute approximate surface area is 116 Å². The molecule has 0 atom stereocenters. The van der Waals surface area contributed by atoms with Gasteiger partial charge in [0.1, 0.15) is 11.6 Å². The minimum Gasteiger partial charge on any atom is -0.352 e. The molecule has 1 heterocycles. The summed E-state index contributed by atoms with van der Waals surface area (Å²) in [6, 6.07) is 5.50. The lowest BCUT2D eigenvalue weighted by molar-refractivity contribution is 0.0953. The fraction of sp³-hybridized carbons (Fsp3) is 0.286. The summed E-state index contributed by atoms with van der Waals surface area (Å²) in [5.41, 5.74) is 0.468. The second-order valence-electron chi connectivity index (χ2n) is 4.33. The van der Waals surface area contributed by atoms with E-state index in [1.807, 2.05) is 0 Å². The van der Waals surface area contributed by atoms with Crippen molar-refractivity contribution >= 4 is 5.91 Å². The molecule has 1 aromatic heterocycles. The SMILES string of the molecule is O=C(NCCCNCc1ncc[nH]1)c1ccc(F)cc1. The van der Waals surface area contributed by atoms with Crippen LogP contribution >= 0.6 is 0 Å². The van der Waals surface area contributed by atoms with E-state index in [0.717, 1.165) is 18.8 Å². The normalized spacial score (nSPS) is 10.4. The predicted molar refractivity (Wildman–Crippen MR) is 73.6 cm³/mol. The summed E-state index contributed by atoms with van der Waals surface area (Å²) in [4.78, 5) is 18.8. The number of imidazole rings is 1. The maximum Gasteiger partial charge on any atom is 0.251 e. The molecule has 6 heteroatoms. The third-order valence-electron chi connectivity index (χ3n) is 2.77. The van der Waals surface area contributed by atoms with Gasteiger partial charge in [-0.1, -0.05) is 0 Å². The van der Waals surface area contributed by atoms with E-state index in [4.69, 9.17) is 0 Å². The Bertz CT molecular complexity index is 525. The van der Waals surface area contributed by atoms with Gasteiger partial charge in [-0.3, -0.25) is 4.79 Å². The fourth-order valence-electron chi connectivity index (χ4n) is 1.72. The summed E-state index contributed by atoms with van der Waals surface area (Å²) in [5.74, 6) is 0.361. The molecule has 0 saturated carbocycles. The van der Waals surface area contributed by atoms with Crippen molar-refractivity contribution in [2.45, 2.75) is 13.0 Å². The zero-order valence-electron chi connectivity index (χ0n) is 11.0. The molecule has 0 aliphatic carbocycles. The van der Waals surface area contributed by atoms with Crippen molar-refractivity contribution < 1.29 is 9.18 Å². The summed E-state index contributed by atoms with van der Waals surface area (Å²) < 4.78 is 12.7. The first-order valence-corrected chi connectivity index (χ1v) is 6.48. The Balaban J connectivity index is 1.58. The average Bonchev–Trinajstić information content (AvgIpc) is 2.96. The van der Waals surface area contributed by atoms with E-state index in [2.05, 4.69) is 20.6 Å². The van der Waals surface area contributed by atoms with Gasteiger partial charge in [-0.15, -0.1) is 0 Å². The minimum absolute atomic E-state index is 0.184. The van der Waals surface area contributed by atoms with Crippen LogP contribution in [0.3, 0.4) is 0 Å². The summed E-state index contributed by atoms with van der Waals surface area (Å²) in [6.07, 6.45) is 4.30. The standard InChI is InChI=1S/C14H17FN4O/c15-12-4-2-11(3-5-12)14(20)19-7-1-6-16-10-13-17-8-9-18-13/h2-5,8-9,16H,1,6-7,10H2,(H,17,18)(H,19,20). The molecule has 3 N–H and O–H groups in total. The van der Waals surface area contributed by atoms with Crippen LogP contribution in [0.1, 0.15) is 22.6 Å². The Hall–Kier alpha value is -2.21. The lowest BCUT2D eigenvalue weighted by atomic mass is 10.2. The first-order chi connectivity index (χ1) is 9.75. The topological polar surface area (TPSA) is 69.8 Å². The molecule has 0 aliphatic heterocycles. The fourth-order valence-corrected chi connectivity index (χ4v) is 1.72. The van der Waals surface area contributed by atoms with Crippen molar-refractivity contribution in [3.63, 3.8) is 0 Å². The molecule has 0 radical (unpaired) electrons. The molecule has 5 nitrogen and oxygen atoms in total. The van der Waals surface area contributed by atoms with Gasteiger partial charge in [0, 0.05) is 24.5 Å². The van der Waals surface area contributed by atoms with Crippen LogP contribution in [0.2, 0.25) is 0 Å². The molecule has 0 aliphatic rings. The zero-order chi connectivity index (χ0) is 14.2. The number of hydrogen-bond donors (Lipinski definition) is 3. The van der Waals surface area contributed by atoms with Gasteiger partial charge in [-0.25, -0.2) is 9.37 Å². The van der Waals surface area contributed by atoms with E-state index in [-0.39, 0.29) is 11.7 Å². The van der Waals surface area contributed by atoms with Crippen molar-refractivity contribution in [3.05, 3.63) is 53.9 Å². The first kappa shape index (κ1) is 14.2. The molecule has 20 heavy (non-hydrogen) atoms. The third-order valence-corrected chi connectivity index (χ3v) is 2.77. The largest absolute Gasteiger partial charge is 0.352 e. The number of nitrogens with zero attached hydrogens (tertiary/aromatic N) is 1. The monoisotopic (exact) mass is 276 g/mol. The van der Waals surface area contributed by atoms with Gasteiger partial charge in [0.25, 0.3) is 5.91 Å². The minimum atomic E-state index is -0.344. The van der Waals surface area contributed by atoms with Gasteiger partial charge in [0.05, 0.1) is 6.54 Å². The maximum absolute atomic E-state index is 12.7. The van der Waals surface area contributed by atoms with Gasteiger partial charge in [-0.05, 0) is 37.2 Å². The summed E-state index contributed by atoms with van der Waals surface area (Å²) in [7, 11) is 0. The smallest absolute Gasteiger partial charge is 0.251 e. The molecule has 106 valence electrons. The van der Waals surface area contributed by atoms with Crippen LogP contribution in [-0.2, 0) is 6.54 Å². The average molecular weight is 276 g/mol. The zero-order valence-corrected chi connectivity index (χ0v) is 11.0. The van der Waals surface area contributed by atoms with Crippen molar-refractivity contribution in [2.24, 2.45) is 0 Å². The lowest BCUT2D eigenvalue weighted by Crippen LogP contribution is -2.27. The summed E-state index contributed by atoms with van der Waals surface area (Å²) in [6.45, 7) is 2.03. The number of nitrogens with one attached hydrogen (secondary N) is 3. The lowest BCUT2D eigenvalue weighted by Gasteiger charge is -2.06. The maximum atomic E-state index is 12.7. The van der Waals surface area contributed by atoms with E-state index >= 15 is 0 Å². The number of benzene rings is 1. The van der Waals surface area contributed by atoms with Gasteiger partial charge in [0.2, 0.25) is 0 Å². The van der Waals surface area contributed by atoms with E-state index < -0.39 is 0 Å². The Kier molecular flexibility index (Phi) is 5.25. The number of H-pyrrole nitrogens is 1. The molecule has 0 bridgehead atoms. The number of halogens is 1. The molecular formula is C14H17FN4O. The van der Waals surface area contributed by atoms with Crippen LogP contribution in [0.15, 0.2) is 36.7 Å². The molecule has 0 unspecified atom stereocenters. The number of amides is 1. The number of carbonyl (C=O) groups is 1. The highest BCUT2D eigenvalue weighted by Gasteiger charge is 2.04. The predicted octanol–water partition coefficient (Wildman–Crippen LogP) is 1.46. The summed E-state index contributed by atoms with van der Waals surface area (Å²) in [5, 5.41) is 6.00. The number of aromatic nitrogens is 2. The number of aromatic amines is 1. The quantitative estimate of drug-likeness (QED) is 0.671. The highest BCUT2D eigenvalue weighted by molar-refractivity contribution is 5.94. The van der Waals surface area contributed by atoms with Crippen LogP contribution in [-0.4, -0.2) is 29.0 Å². The molecule has 1 amide bonds. The summed E-state index contributed by atoms with van der Waals surface area (Å²) >= 11 is 0. The number of rotatable bonds is 7. The van der Waals surface area contributed by atoms with E-state index in [1.165, 1.54) is 24.3 Å². The van der Waals surface area contributed by atoms with E-state index in [9.17, 15) is 9.18 Å². The van der Waals surface area contributed by atoms with E-state index in [1.54, 1.807) is 12.4 Å². The molecule has 0 saturated heterocycles. The second kappa shape index (κ2) is 7.40. The molecule has 2 rings (SSSR count). The Morgan fingerprint density at radius 3 is 2.75 bits per heavy atom. The van der Waals surface area contributed by atoms with Crippen molar-refractivity contribution in [1.82, 2.24) is 20.6 Å². The molecule has 0 spiro atoms. The van der Waals surface area contributed by atoms with Gasteiger partial charge >= 0.3 is 0 Å². The van der Waals surface area contributed by atoms with Crippen LogP contribution in [0.25, 0.3) is 0 Å². The first-order valence-electron chi connectivity index (χ1n) is 6.48. The highest BCUT2D eigenvalue weighted by Crippen LogP contribution is 2.02. The van der Waals surface area contributed by atoms with Crippen LogP contribution in [0, 0.1) is 5.82 Å². The second-order valence-corrected chi connectivity index (χ2v) is 4.33. The number of hydrogen-bond acceptors (Lipinski definition) is 3.